The maximum absolute atomic E-state index is 12.8. The van der Waals surface area contributed by atoms with E-state index in [1.54, 1.807) is 26.0 Å². The second-order valence-corrected chi connectivity index (χ2v) is 11.5. The second kappa shape index (κ2) is 12.0. The summed E-state index contributed by atoms with van der Waals surface area (Å²) in [6, 6.07) is 9.19. The molecule has 1 aromatic rings. The minimum Gasteiger partial charge on any atom is -0.384 e. The van der Waals surface area contributed by atoms with E-state index in [1.807, 2.05) is 39.0 Å². The third kappa shape index (κ3) is 10.2. The Kier molecular flexibility index (Phi) is 9.88. The van der Waals surface area contributed by atoms with Crippen LogP contribution in [0.15, 0.2) is 29.2 Å². The number of benzene rings is 1. The van der Waals surface area contributed by atoms with Crippen LogP contribution in [-0.4, -0.2) is 70.5 Å². The molecule has 1 aromatic carbocycles. The van der Waals surface area contributed by atoms with Crippen molar-refractivity contribution in [2.24, 2.45) is 0 Å². The molecule has 0 saturated carbocycles. The fraction of sp³-hybridized carbons (Fsp3) is 0.625. The van der Waals surface area contributed by atoms with Crippen LogP contribution in [-0.2, 0) is 19.5 Å². The molecule has 0 bridgehead atoms. The van der Waals surface area contributed by atoms with E-state index in [-0.39, 0.29) is 10.5 Å². The number of rotatable bonds is 11. The Morgan fingerprint density at radius 2 is 1.82 bits per heavy atom. The highest BCUT2D eigenvalue weighted by atomic mass is 32.2. The third-order valence-corrected chi connectivity index (χ3v) is 6.75. The molecule has 0 aliphatic carbocycles. The van der Waals surface area contributed by atoms with Crippen LogP contribution in [0.25, 0.3) is 6.08 Å². The first kappa shape index (κ1) is 27.3. The monoisotopic (exact) mass is 478 g/mol. The molecule has 9 heteroatoms. The lowest BCUT2D eigenvalue weighted by Crippen LogP contribution is -2.44. The molecular formula is C24H38N4O4S. The van der Waals surface area contributed by atoms with E-state index >= 15 is 0 Å². The van der Waals surface area contributed by atoms with Crippen LogP contribution in [0, 0.1) is 11.3 Å². The van der Waals surface area contributed by atoms with Crippen LogP contribution < -0.4 is 10.0 Å². The first-order chi connectivity index (χ1) is 15.4. The molecule has 2 rings (SSSR count). The van der Waals surface area contributed by atoms with Crippen molar-refractivity contribution in [3.05, 3.63) is 34.7 Å². The Labute approximate surface area is 199 Å². The number of nitrogens with one attached hydrogen (secondary N) is 2. The summed E-state index contributed by atoms with van der Waals surface area (Å²) in [6.45, 7) is 15.0. The van der Waals surface area contributed by atoms with Gasteiger partial charge in [-0.3, -0.25) is 4.90 Å². The van der Waals surface area contributed by atoms with Gasteiger partial charge in [-0.05, 0) is 64.8 Å². The molecule has 0 radical (unpaired) electrons. The van der Waals surface area contributed by atoms with Crippen LogP contribution in [0.2, 0.25) is 0 Å². The predicted octanol–water partition coefficient (Wildman–Crippen LogP) is 3.20. The lowest BCUT2D eigenvalue weighted by atomic mass is 10.0. The minimum absolute atomic E-state index is 0.295. The second-order valence-electron chi connectivity index (χ2n) is 9.82. The molecule has 33 heavy (non-hydrogen) atoms. The van der Waals surface area contributed by atoms with Gasteiger partial charge >= 0.3 is 0 Å². The topological polar surface area (TPSA) is 104 Å². The molecule has 0 unspecified atom stereocenters. The predicted molar refractivity (Wildman–Crippen MR) is 132 cm³/mol. The van der Waals surface area contributed by atoms with E-state index < -0.39 is 15.6 Å². The highest BCUT2D eigenvalue weighted by Crippen LogP contribution is 2.19. The highest BCUT2D eigenvalue weighted by Gasteiger charge is 2.28. The summed E-state index contributed by atoms with van der Waals surface area (Å²) >= 11 is 0. The maximum Gasteiger partial charge on any atom is 0.251 e. The summed E-state index contributed by atoms with van der Waals surface area (Å²) in [4.78, 5) is 2.03. The number of ether oxygens (including phenoxy) is 2. The van der Waals surface area contributed by atoms with Gasteiger partial charge in [0.25, 0.3) is 10.0 Å². The SMILES string of the molecule is CC(C)(CCOC(C)(C)C)NS(=O)(=O)/C(C#N)=C/c1ccc(NCCN2CCOCC2)cc1. The summed E-state index contributed by atoms with van der Waals surface area (Å²) < 4.78 is 39.4. The van der Waals surface area contributed by atoms with Gasteiger partial charge in [-0.2, -0.15) is 5.26 Å². The fourth-order valence-electron chi connectivity index (χ4n) is 3.28. The summed E-state index contributed by atoms with van der Waals surface area (Å²) in [6.07, 6.45) is 1.87. The maximum atomic E-state index is 12.8. The number of anilines is 1. The molecule has 1 fully saturated rings. The van der Waals surface area contributed by atoms with Crippen LogP contribution >= 0.6 is 0 Å². The molecule has 0 spiro atoms. The van der Waals surface area contributed by atoms with Gasteiger partial charge in [0.05, 0.1) is 18.8 Å². The molecule has 0 atom stereocenters. The Hall–Kier alpha value is -1.96. The van der Waals surface area contributed by atoms with Gasteiger partial charge in [0.1, 0.15) is 6.07 Å². The number of nitriles is 1. The molecule has 8 nitrogen and oxygen atoms in total. The number of sulfonamides is 1. The molecule has 1 aliphatic heterocycles. The highest BCUT2D eigenvalue weighted by molar-refractivity contribution is 7.93. The molecule has 1 aliphatic rings. The van der Waals surface area contributed by atoms with Crippen LogP contribution in [0.3, 0.4) is 0 Å². The lowest BCUT2D eigenvalue weighted by Gasteiger charge is -2.28. The van der Waals surface area contributed by atoms with E-state index in [0.29, 0.717) is 18.6 Å². The zero-order valence-electron chi connectivity index (χ0n) is 20.5. The van der Waals surface area contributed by atoms with Crippen molar-refractivity contribution in [2.45, 2.75) is 52.2 Å². The molecule has 184 valence electrons. The summed E-state index contributed by atoms with van der Waals surface area (Å²) in [5.74, 6) is 0. The van der Waals surface area contributed by atoms with Crippen LogP contribution in [0.5, 0.6) is 0 Å². The largest absolute Gasteiger partial charge is 0.384 e. The van der Waals surface area contributed by atoms with Gasteiger partial charge < -0.3 is 14.8 Å². The lowest BCUT2D eigenvalue weighted by molar-refractivity contribution is -0.0102. The van der Waals surface area contributed by atoms with Gasteiger partial charge in [-0.25, -0.2) is 13.1 Å². The summed E-state index contributed by atoms with van der Waals surface area (Å²) in [7, 11) is -3.97. The van der Waals surface area contributed by atoms with Gasteiger partial charge in [0.15, 0.2) is 4.91 Å². The summed E-state index contributed by atoms with van der Waals surface area (Å²) in [5, 5.41) is 12.9. The Bertz CT molecular complexity index is 923. The molecule has 1 heterocycles. The van der Waals surface area contributed by atoms with Gasteiger partial charge in [0, 0.05) is 44.0 Å². The molecule has 2 N–H and O–H groups in total. The number of morpholine rings is 1. The molecule has 0 amide bonds. The normalized spacial score (nSPS) is 16.4. The van der Waals surface area contributed by atoms with Gasteiger partial charge in [0.2, 0.25) is 0 Å². The molecule has 1 saturated heterocycles. The van der Waals surface area contributed by atoms with Crippen molar-refractivity contribution in [1.82, 2.24) is 9.62 Å². The smallest absolute Gasteiger partial charge is 0.251 e. The zero-order chi connectivity index (χ0) is 24.5. The number of hydrogen-bond acceptors (Lipinski definition) is 7. The summed E-state index contributed by atoms with van der Waals surface area (Å²) in [5.41, 5.74) is 0.536. The van der Waals surface area contributed by atoms with E-state index in [4.69, 9.17) is 9.47 Å². The first-order valence-electron chi connectivity index (χ1n) is 11.3. The van der Waals surface area contributed by atoms with Gasteiger partial charge in [-0.1, -0.05) is 12.1 Å². The van der Waals surface area contributed by atoms with Crippen molar-refractivity contribution < 1.29 is 17.9 Å². The standard InChI is InChI=1S/C24H38N4O4S/c1-23(2,3)32-15-10-24(4,5)27-33(29,30)22(19-25)18-20-6-8-21(9-7-20)26-11-12-28-13-16-31-17-14-28/h6-9,18,26-27H,10-17H2,1-5H3/b22-18+. The first-order valence-corrected chi connectivity index (χ1v) is 12.8. The molecular weight excluding hydrogens is 440 g/mol. The van der Waals surface area contributed by atoms with Crippen molar-refractivity contribution in [2.75, 3.05) is 51.3 Å². The van der Waals surface area contributed by atoms with Gasteiger partial charge in [-0.15, -0.1) is 0 Å². The number of hydrogen-bond donors (Lipinski definition) is 2. The Morgan fingerprint density at radius 3 is 2.39 bits per heavy atom. The van der Waals surface area contributed by atoms with E-state index in [9.17, 15) is 13.7 Å². The Balaban J connectivity index is 1.95. The van der Waals surface area contributed by atoms with E-state index in [2.05, 4.69) is 14.9 Å². The Morgan fingerprint density at radius 1 is 1.18 bits per heavy atom. The third-order valence-electron chi connectivity index (χ3n) is 5.14. The average molecular weight is 479 g/mol. The van der Waals surface area contributed by atoms with Crippen LogP contribution in [0.4, 0.5) is 5.69 Å². The fourth-order valence-corrected chi connectivity index (χ4v) is 4.63. The quantitative estimate of drug-likeness (QED) is 0.471. The molecule has 0 aromatic heterocycles. The average Bonchev–Trinajstić information content (AvgIpc) is 2.71. The number of nitrogens with zero attached hydrogens (tertiary/aromatic N) is 2. The van der Waals surface area contributed by atoms with Crippen molar-refractivity contribution in [3.63, 3.8) is 0 Å². The van der Waals surface area contributed by atoms with E-state index in [1.165, 1.54) is 6.08 Å². The van der Waals surface area contributed by atoms with Crippen molar-refractivity contribution in [1.29, 1.82) is 5.26 Å². The van der Waals surface area contributed by atoms with Crippen molar-refractivity contribution >= 4 is 21.8 Å². The number of allylic oxidation sites excluding steroid dienone is 1. The zero-order valence-corrected chi connectivity index (χ0v) is 21.3. The van der Waals surface area contributed by atoms with E-state index in [0.717, 1.165) is 45.1 Å². The van der Waals surface area contributed by atoms with Crippen LogP contribution in [0.1, 0.15) is 46.6 Å². The van der Waals surface area contributed by atoms with Crippen molar-refractivity contribution in [3.8, 4) is 6.07 Å². The minimum atomic E-state index is -3.97.